The molecule has 0 unspecified atom stereocenters. The Kier molecular flexibility index (Phi) is 3.77. The zero-order valence-corrected chi connectivity index (χ0v) is 14.5. The standard InChI is InChI=1S/C18H15N5OS/c1-11-5-4-8-23-10-15(20-17(11)23)13-6-3-7-14(9-13)19-18(24)16-12(2)21-22-25-16/h3-10H,1-2H3,(H,19,24). The van der Waals surface area contributed by atoms with E-state index in [2.05, 4.69) is 14.9 Å². The van der Waals surface area contributed by atoms with E-state index >= 15 is 0 Å². The lowest BCUT2D eigenvalue weighted by Crippen LogP contribution is -2.11. The van der Waals surface area contributed by atoms with Gasteiger partial charge in [0.1, 0.15) is 10.5 Å². The number of anilines is 1. The number of carbonyl (C=O) groups excluding carboxylic acids is 1. The van der Waals surface area contributed by atoms with Crippen LogP contribution in [0.4, 0.5) is 5.69 Å². The van der Waals surface area contributed by atoms with Crippen LogP contribution in [-0.2, 0) is 0 Å². The van der Waals surface area contributed by atoms with Gasteiger partial charge in [-0.2, -0.15) is 0 Å². The normalized spacial score (nSPS) is 11.0. The van der Waals surface area contributed by atoms with Crippen LogP contribution in [0.2, 0.25) is 0 Å². The summed E-state index contributed by atoms with van der Waals surface area (Å²) in [7, 11) is 0. The van der Waals surface area contributed by atoms with E-state index in [0.717, 1.165) is 34.0 Å². The fourth-order valence-corrected chi connectivity index (χ4v) is 3.23. The summed E-state index contributed by atoms with van der Waals surface area (Å²) in [5, 5.41) is 6.77. The molecule has 0 aliphatic rings. The second kappa shape index (κ2) is 6.10. The zero-order chi connectivity index (χ0) is 17.4. The first kappa shape index (κ1) is 15.5. The molecule has 0 spiro atoms. The van der Waals surface area contributed by atoms with Crippen LogP contribution < -0.4 is 5.32 Å². The molecule has 4 rings (SSSR count). The number of hydrogen-bond donors (Lipinski definition) is 1. The van der Waals surface area contributed by atoms with Gasteiger partial charge in [-0.15, -0.1) is 5.10 Å². The summed E-state index contributed by atoms with van der Waals surface area (Å²) in [6.07, 6.45) is 3.96. The van der Waals surface area contributed by atoms with Crippen LogP contribution in [0.5, 0.6) is 0 Å². The van der Waals surface area contributed by atoms with Crippen molar-refractivity contribution < 1.29 is 4.79 Å². The number of fused-ring (bicyclic) bond motifs is 1. The monoisotopic (exact) mass is 349 g/mol. The Morgan fingerprint density at radius 2 is 2.08 bits per heavy atom. The number of hydrogen-bond acceptors (Lipinski definition) is 5. The minimum absolute atomic E-state index is 0.199. The van der Waals surface area contributed by atoms with Gasteiger partial charge in [0.2, 0.25) is 0 Å². The maximum Gasteiger partial charge on any atom is 0.269 e. The minimum Gasteiger partial charge on any atom is -0.321 e. The van der Waals surface area contributed by atoms with E-state index in [-0.39, 0.29) is 5.91 Å². The van der Waals surface area contributed by atoms with Crippen LogP contribution in [0.25, 0.3) is 16.9 Å². The van der Waals surface area contributed by atoms with Crippen molar-refractivity contribution in [2.24, 2.45) is 0 Å². The number of nitrogens with zero attached hydrogens (tertiary/aromatic N) is 4. The molecule has 0 aliphatic carbocycles. The first-order chi connectivity index (χ1) is 12.1. The number of amides is 1. The van der Waals surface area contributed by atoms with E-state index in [0.29, 0.717) is 16.3 Å². The molecule has 3 heterocycles. The molecule has 0 fully saturated rings. The summed E-state index contributed by atoms with van der Waals surface area (Å²) in [6.45, 7) is 3.81. The van der Waals surface area contributed by atoms with Crippen molar-refractivity contribution in [3.05, 3.63) is 64.9 Å². The minimum atomic E-state index is -0.199. The highest BCUT2D eigenvalue weighted by molar-refractivity contribution is 7.08. The Labute approximate surface area is 148 Å². The first-order valence-corrected chi connectivity index (χ1v) is 8.54. The van der Waals surface area contributed by atoms with Gasteiger partial charge in [-0.05, 0) is 49.1 Å². The number of aromatic nitrogens is 4. The first-order valence-electron chi connectivity index (χ1n) is 7.77. The molecule has 25 heavy (non-hydrogen) atoms. The van der Waals surface area contributed by atoms with Gasteiger partial charge >= 0.3 is 0 Å². The van der Waals surface area contributed by atoms with Gasteiger partial charge in [0, 0.05) is 23.6 Å². The molecule has 1 amide bonds. The Balaban J connectivity index is 1.66. The van der Waals surface area contributed by atoms with Crippen molar-refractivity contribution in [2.75, 3.05) is 5.32 Å². The third-order valence-corrected chi connectivity index (χ3v) is 4.78. The Bertz CT molecular complexity index is 1080. The third kappa shape index (κ3) is 2.89. The molecule has 0 radical (unpaired) electrons. The maximum atomic E-state index is 12.3. The van der Waals surface area contributed by atoms with Crippen molar-refractivity contribution in [3.63, 3.8) is 0 Å². The smallest absolute Gasteiger partial charge is 0.269 e. The Hall–Kier alpha value is -3.06. The predicted octanol–water partition coefficient (Wildman–Crippen LogP) is 3.72. The van der Waals surface area contributed by atoms with E-state index in [1.54, 1.807) is 6.92 Å². The number of nitrogens with one attached hydrogen (secondary N) is 1. The van der Waals surface area contributed by atoms with E-state index in [1.165, 1.54) is 0 Å². The van der Waals surface area contributed by atoms with Gasteiger partial charge in [0.25, 0.3) is 5.91 Å². The number of rotatable bonds is 3. The van der Waals surface area contributed by atoms with Crippen molar-refractivity contribution in [1.29, 1.82) is 0 Å². The largest absolute Gasteiger partial charge is 0.321 e. The van der Waals surface area contributed by atoms with Gasteiger partial charge in [0.05, 0.1) is 11.4 Å². The van der Waals surface area contributed by atoms with Crippen LogP contribution in [0.15, 0.2) is 48.8 Å². The molecule has 7 heteroatoms. The quantitative estimate of drug-likeness (QED) is 0.612. The fourth-order valence-electron chi connectivity index (χ4n) is 2.68. The highest BCUT2D eigenvalue weighted by Crippen LogP contribution is 2.24. The summed E-state index contributed by atoms with van der Waals surface area (Å²) < 4.78 is 5.80. The predicted molar refractivity (Wildman–Crippen MR) is 98.0 cm³/mol. The molecular formula is C18H15N5OS. The van der Waals surface area contributed by atoms with Crippen LogP contribution in [-0.4, -0.2) is 24.9 Å². The Morgan fingerprint density at radius 1 is 1.20 bits per heavy atom. The summed E-state index contributed by atoms with van der Waals surface area (Å²) in [6, 6.07) is 11.7. The number of carbonyl (C=O) groups is 1. The van der Waals surface area contributed by atoms with Crippen molar-refractivity contribution in [3.8, 4) is 11.3 Å². The third-order valence-electron chi connectivity index (χ3n) is 3.95. The van der Waals surface area contributed by atoms with Gasteiger partial charge in [-0.25, -0.2) is 4.98 Å². The van der Waals surface area contributed by atoms with Crippen molar-refractivity contribution in [1.82, 2.24) is 19.0 Å². The average Bonchev–Trinajstić information content (AvgIpc) is 3.22. The lowest BCUT2D eigenvalue weighted by atomic mass is 10.1. The van der Waals surface area contributed by atoms with E-state index in [4.69, 9.17) is 4.98 Å². The van der Waals surface area contributed by atoms with Crippen LogP contribution in [0.1, 0.15) is 20.9 Å². The van der Waals surface area contributed by atoms with Crippen molar-refractivity contribution >= 4 is 28.8 Å². The average molecular weight is 349 g/mol. The molecule has 3 aromatic heterocycles. The fraction of sp³-hybridized carbons (Fsp3) is 0.111. The second-order valence-electron chi connectivity index (χ2n) is 5.77. The summed E-state index contributed by atoms with van der Waals surface area (Å²) in [4.78, 5) is 17.6. The lowest BCUT2D eigenvalue weighted by molar-refractivity contribution is 0.103. The van der Waals surface area contributed by atoms with Gasteiger partial charge in [-0.1, -0.05) is 22.7 Å². The van der Waals surface area contributed by atoms with Gasteiger partial charge in [0.15, 0.2) is 0 Å². The summed E-state index contributed by atoms with van der Waals surface area (Å²) in [5.74, 6) is -0.199. The van der Waals surface area contributed by atoms with Crippen molar-refractivity contribution in [2.45, 2.75) is 13.8 Å². The Morgan fingerprint density at radius 3 is 2.84 bits per heavy atom. The van der Waals surface area contributed by atoms with Crippen LogP contribution in [0, 0.1) is 13.8 Å². The number of pyridine rings is 1. The molecule has 4 aromatic rings. The maximum absolute atomic E-state index is 12.3. The molecule has 0 saturated heterocycles. The molecule has 0 saturated carbocycles. The molecular weight excluding hydrogens is 334 g/mol. The zero-order valence-electron chi connectivity index (χ0n) is 13.7. The molecule has 0 bridgehead atoms. The summed E-state index contributed by atoms with van der Waals surface area (Å²) in [5.41, 5.74) is 5.20. The van der Waals surface area contributed by atoms with E-state index < -0.39 is 0 Å². The van der Waals surface area contributed by atoms with Crippen LogP contribution in [0.3, 0.4) is 0 Å². The van der Waals surface area contributed by atoms with Gasteiger partial charge < -0.3 is 9.72 Å². The topological polar surface area (TPSA) is 72.2 Å². The number of benzene rings is 1. The number of aryl methyl sites for hydroxylation is 2. The molecule has 1 aromatic carbocycles. The highest BCUT2D eigenvalue weighted by Gasteiger charge is 2.14. The van der Waals surface area contributed by atoms with Crippen LogP contribution >= 0.6 is 11.5 Å². The summed E-state index contributed by atoms with van der Waals surface area (Å²) >= 11 is 1.09. The molecule has 1 N–H and O–H groups in total. The molecule has 0 atom stereocenters. The molecule has 0 aliphatic heterocycles. The second-order valence-corrected chi connectivity index (χ2v) is 6.52. The molecule has 124 valence electrons. The number of imidazole rings is 1. The lowest BCUT2D eigenvalue weighted by Gasteiger charge is -2.05. The molecule has 6 nitrogen and oxygen atoms in total. The van der Waals surface area contributed by atoms with Gasteiger partial charge in [-0.3, -0.25) is 4.79 Å². The van der Waals surface area contributed by atoms with E-state index in [1.807, 2.05) is 60.1 Å². The van der Waals surface area contributed by atoms with E-state index in [9.17, 15) is 4.79 Å². The highest BCUT2D eigenvalue weighted by atomic mass is 32.1. The SMILES string of the molecule is Cc1nnsc1C(=O)Nc1cccc(-c2cn3cccc(C)c3n2)c1.